The molecule has 1 N–H and O–H groups in total. The van der Waals surface area contributed by atoms with Crippen LogP contribution >= 0.6 is 0 Å². The second kappa shape index (κ2) is 8.70. The Kier molecular flexibility index (Phi) is 6.31. The molecule has 150 valence electrons. The van der Waals surface area contributed by atoms with Crippen molar-refractivity contribution in [2.24, 2.45) is 0 Å². The maximum Gasteiger partial charge on any atom is 0.262 e. The minimum atomic E-state index is -3.81. The minimum Gasteiger partial charge on any atom is -0.482 e. The molecule has 2 aromatic carbocycles. The molecule has 1 aliphatic heterocycles. The molecule has 2 aromatic rings. The highest BCUT2D eigenvalue weighted by atomic mass is 32.2. The molecule has 0 aliphatic carbocycles. The minimum absolute atomic E-state index is 0.0793. The molecule has 0 aromatic heterocycles. The molecule has 0 spiro atoms. The highest BCUT2D eigenvalue weighted by molar-refractivity contribution is 7.89. The SMILES string of the molecule is CCCCCN(Cc1ccc(F)cc1)S(=O)(=O)c1ccc2c(c1)NC(=O)CO2. The number of carbonyl (C=O) groups is 1. The maximum absolute atomic E-state index is 13.3. The molecular formula is C20H23FN2O4S. The first-order valence-electron chi connectivity index (χ1n) is 9.21. The summed E-state index contributed by atoms with van der Waals surface area (Å²) in [4.78, 5) is 11.6. The lowest BCUT2D eigenvalue weighted by molar-refractivity contribution is -0.118. The third-order valence-corrected chi connectivity index (χ3v) is 6.35. The van der Waals surface area contributed by atoms with E-state index in [1.165, 1.54) is 28.6 Å². The van der Waals surface area contributed by atoms with Crippen molar-refractivity contribution in [3.05, 3.63) is 53.8 Å². The highest BCUT2D eigenvalue weighted by Crippen LogP contribution is 2.31. The molecule has 0 unspecified atom stereocenters. The number of hydrogen-bond donors (Lipinski definition) is 1. The van der Waals surface area contributed by atoms with Crippen molar-refractivity contribution in [1.29, 1.82) is 0 Å². The normalized spacial score (nSPS) is 13.8. The molecule has 8 heteroatoms. The molecule has 0 bridgehead atoms. The molecule has 1 aliphatic rings. The average Bonchev–Trinajstić information content (AvgIpc) is 2.68. The second-order valence-electron chi connectivity index (χ2n) is 6.67. The van der Waals surface area contributed by atoms with Crippen LogP contribution in [-0.2, 0) is 21.4 Å². The smallest absolute Gasteiger partial charge is 0.262 e. The van der Waals surface area contributed by atoms with Crippen molar-refractivity contribution in [2.75, 3.05) is 18.5 Å². The largest absolute Gasteiger partial charge is 0.482 e. The first kappa shape index (κ1) is 20.3. The standard InChI is InChI=1S/C20H23FN2O4S/c1-2-3-4-11-23(13-15-5-7-16(21)8-6-15)28(25,26)17-9-10-19-18(12-17)22-20(24)14-27-19/h5-10,12H,2-4,11,13-14H2,1H3,(H,22,24). The Bertz CT molecular complexity index is 945. The van der Waals surface area contributed by atoms with Crippen molar-refractivity contribution in [3.8, 4) is 5.75 Å². The van der Waals surface area contributed by atoms with E-state index >= 15 is 0 Å². The molecule has 0 atom stereocenters. The summed E-state index contributed by atoms with van der Waals surface area (Å²) in [5.41, 5.74) is 1.05. The quantitative estimate of drug-likeness (QED) is 0.681. The van der Waals surface area contributed by atoms with Gasteiger partial charge in [-0.3, -0.25) is 4.79 Å². The zero-order chi connectivity index (χ0) is 20.1. The van der Waals surface area contributed by atoms with Crippen molar-refractivity contribution in [1.82, 2.24) is 4.31 Å². The molecule has 0 saturated carbocycles. The van der Waals surface area contributed by atoms with E-state index in [2.05, 4.69) is 5.32 Å². The van der Waals surface area contributed by atoms with E-state index in [-0.39, 0.29) is 29.8 Å². The number of halogens is 1. The van der Waals surface area contributed by atoms with Gasteiger partial charge in [0.1, 0.15) is 11.6 Å². The van der Waals surface area contributed by atoms with Crippen molar-refractivity contribution >= 4 is 21.6 Å². The monoisotopic (exact) mass is 406 g/mol. The second-order valence-corrected chi connectivity index (χ2v) is 8.60. The van der Waals surface area contributed by atoms with E-state index in [9.17, 15) is 17.6 Å². The zero-order valence-corrected chi connectivity index (χ0v) is 16.5. The molecule has 6 nitrogen and oxygen atoms in total. The molecule has 0 saturated heterocycles. The number of sulfonamides is 1. The van der Waals surface area contributed by atoms with Crippen molar-refractivity contribution in [3.63, 3.8) is 0 Å². The first-order valence-corrected chi connectivity index (χ1v) is 10.7. The van der Waals surface area contributed by atoms with Crippen molar-refractivity contribution < 1.29 is 22.3 Å². The Hall–Kier alpha value is -2.45. The number of anilines is 1. The van der Waals surface area contributed by atoms with E-state index in [0.717, 1.165) is 19.3 Å². The Balaban J connectivity index is 1.89. The number of hydrogen-bond acceptors (Lipinski definition) is 4. The zero-order valence-electron chi connectivity index (χ0n) is 15.7. The molecule has 1 amide bonds. The Morgan fingerprint density at radius 1 is 1.14 bits per heavy atom. The van der Waals surface area contributed by atoms with Crippen LogP contribution in [0.1, 0.15) is 31.7 Å². The van der Waals surface area contributed by atoms with Gasteiger partial charge in [-0.1, -0.05) is 31.9 Å². The van der Waals surface area contributed by atoms with Gasteiger partial charge in [0, 0.05) is 13.1 Å². The summed E-state index contributed by atoms with van der Waals surface area (Å²) in [6.07, 6.45) is 2.60. The van der Waals surface area contributed by atoms with Gasteiger partial charge in [-0.2, -0.15) is 4.31 Å². The molecule has 28 heavy (non-hydrogen) atoms. The summed E-state index contributed by atoms with van der Waals surface area (Å²) in [5, 5.41) is 2.63. The number of amides is 1. The van der Waals surface area contributed by atoms with Gasteiger partial charge in [0.05, 0.1) is 10.6 Å². The summed E-state index contributed by atoms with van der Waals surface area (Å²) in [7, 11) is -3.81. The topological polar surface area (TPSA) is 75.7 Å². The van der Waals surface area contributed by atoms with E-state index in [0.29, 0.717) is 23.5 Å². The van der Waals surface area contributed by atoms with Gasteiger partial charge < -0.3 is 10.1 Å². The lowest BCUT2D eigenvalue weighted by Crippen LogP contribution is -2.32. The van der Waals surface area contributed by atoms with Crippen LogP contribution in [0.3, 0.4) is 0 Å². The summed E-state index contributed by atoms with van der Waals surface area (Å²) < 4.78 is 46.4. The lowest BCUT2D eigenvalue weighted by atomic mass is 10.2. The number of rotatable bonds is 8. The van der Waals surface area contributed by atoms with Gasteiger partial charge in [-0.25, -0.2) is 12.8 Å². The molecule has 3 rings (SSSR count). The van der Waals surface area contributed by atoms with E-state index in [1.54, 1.807) is 18.2 Å². The van der Waals surface area contributed by atoms with Crippen LogP contribution in [0.5, 0.6) is 5.75 Å². The fourth-order valence-corrected chi connectivity index (χ4v) is 4.48. The Morgan fingerprint density at radius 3 is 2.61 bits per heavy atom. The van der Waals surface area contributed by atoms with Gasteiger partial charge in [0.15, 0.2) is 6.61 Å². The summed E-state index contributed by atoms with van der Waals surface area (Å²) in [5.74, 6) is -0.252. The van der Waals surface area contributed by atoms with Gasteiger partial charge >= 0.3 is 0 Å². The summed E-state index contributed by atoms with van der Waals surface area (Å²) in [6, 6.07) is 10.2. The van der Waals surface area contributed by atoms with Gasteiger partial charge in [-0.15, -0.1) is 0 Å². The number of nitrogens with zero attached hydrogens (tertiary/aromatic N) is 1. The summed E-state index contributed by atoms with van der Waals surface area (Å²) in [6.45, 7) is 2.46. The van der Waals surface area contributed by atoms with Crippen LogP contribution in [0.2, 0.25) is 0 Å². The third-order valence-electron chi connectivity index (χ3n) is 4.50. The molecule has 0 fully saturated rings. The fraction of sp³-hybridized carbons (Fsp3) is 0.350. The number of carbonyl (C=O) groups excluding carboxylic acids is 1. The van der Waals surface area contributed by atoms with E-state index < -0.39 is 10.0 Å². The lowest BCUT2D eigenvalue weighted by Gasteiger charge is -2.24. The number of benzene rings is 2. The van der Waals surface area contributed by atoms with Crippen molar-refractivity contribution in [2.45, 2.75) is 37.6 Å². The fourth-order valence-electron chi connectivity index (χ4n) is 2.99. The van der Waals surface area contributed by atoms with E-state index in [4.69, 9.17) is 4.74 Å². The number of nitrogens with one attached hydrogen (secondary N) is 1. The Morgan fingerprint density at radius 2 is 1.89 bits per heavy atom. The van der Waals surface area contributed by atoms with Gasteiger partial charge in [-0.05, 0) is 42.3 Å². The number of ether oxygens (including phenoxy) is 1. The molecular weight excluding hydrogens is 383 g/mol. The molecule has 1 heterocycles. The third kappa shape index (κ3) is 4.69. The maximum atomic E-state index is 13.3. The number of fused-ring (bicyclic) bond motifs is 1. The van der Waals surface area contributed by atoms with Crippen LogP contribution < -0.4 is 10.1 Å². The van der Waals surface area contributed by atoms with Crippen LogP contribution in [0.4, 0.5) is 10.1 Å². The molecule has 0 radical (unpaired) electrons. The number of unbranched alkanes of at least 4 members (excludes halogenated alkanes) is 2. The predicted molar refractivity (Wildman–Crippen MR) is 104 cm³/mol. The first-order chi connectivity index (χ1) is 13.4. The van der Waals surface area contributed by atoms with Crippen LogP contribution in [-0.4, -0.2) is 31.8 Å². The van der Waals surface area contributed by atoms with E-state index in [1.807, 2.05) is 6.92 Å². The van der Waals surface area contributed by atoms with Gasteiger partial charge in [0.25, 0.3) is 5.91 Å². The Labute approximate surface area is 164 Å². The highest BCUT2D eigenvalue weighted by Gasteiger charge is 2.27. The van der Waals surface area contributed by atoms with Crippen LogP contribution in [0, 0.1) is 5.82 Å². The van der Waals surface area contributed by atoms with Crippen LogP contribution in [0.15, 0.2) is 47.4 Å². The predicted octanol–water partition coefficient (Wildman–Crippen LogP) is 3.54. The summed E-state index contributed by atoms with van der Waals surface area (Å²) >= 11 is 0. The average molecular weight is 406 g/mol. The van der Waals surface area contributed by atoms with Crippen LogP contribution in [0.25, 0.3) is 0 Å². The van der Waals surface area contributed by atoms with Gasteiger partial charge in [0.2, 0.25) is 10.0 Å².